The monoisotopic (exact) mass is 486 g/mol. The minimum atomic E-state index is 0. The van der Waals surface area contributed by atoms with Gasteiger partial charge in [-0.15, -0.1) is 24.0 Å². The standard InChI is InChI=1S/C20H30N4O2.HI/c1-21-20(23-18-11-17-6-7-19(18)26-17)22-12-14-8-9-24(13-14)15-4-3-5-16(10-15)25-2;/h3-5,10,14,17-19H,6-9,11-13H2,1-2H3,(H2,21,22,23);1H. The first kappa shape index (κ1) is 20.5. The minimum absolute atomic E-state index is 0. The Morgan fingerprint density at radius 1 is 1.33 bits per heavy atom. The van der Waals surface area contributed by atoms with E-state index in [1.165, 1.54) is 24.9 Å². The van der Waals surface area contributed by atoms with Crippen LogP contribution in [0.3, 0.4) is 0 Å². The van der Waals surface area contributed by atoms with Gasteiger partial charge in [0, 0.05) is 38.4 Å². The topological polar surface area (TPSA) is 58.1 Å². The van der Waals surface area contributed by atoms with Gasteiger partial charge in [-0.2, -0.15) is 0 Å². The molecule has 3 saturated heterocycles. The Balaban J connectivity index is 0.00000210. The van der Waals surface area contributed by atoms with Crippen molar-refractivity contribution in [2.24, 2.45) is 10.9 Å². The SMILES string of the molecule is CN=C(NCC1CCN(c2cccc(OC)c2)C1)NC1CC2CCC1O2.I. The molecule has 150 valence electrons. The molecule has 3 aliphatic heterocycles. The number of ether oxygens (including phenoxy) is 2. The van der Waals surface area contributed by atoms with Crippen molar-refractivity contribution in [2.45, 2.75) is 43.9 Å². The third-order valence-corrected chi connectivity index (χ3v) is 5.91. The molecule has 4 unspecified atom stereocenters. The number of anilines is 1. The molecule has 1 aromatic rings. The van der Waals surface area contributed by atoms with E-state index in [1.807, 2.05) is 13.1 Å². The van der Waals surface area contributed by atoms with E-state index in [0.717, 1.165) is 37.8 Å². The molecule has 3 aliphatic rings. The third-order valence-electron chi connectivity index (χ3n) is 5.91. The smallest absolute Gasteiger partial charge is 0.191 e. The average molecular weight is 486 g/mol. The molecule has 3 fully saturated rings. The fourth-order valence-electron chi connectivity index (χ4n) is 4.44. The molecule has 4 atom stereocenters. The van der Waals surface area contributed by atoms with Crippen LogP contribution >= 0.6 is 24.0 Å². The first-order chi connectivity index (χ1) is 12.7. The van der Waals surface area contributed by atoms with Crippen molar-refractivity contribution in [2.75, 3.05) is 38.7 Å². The number of fused-ring (bicyclic) bond motifs is 2. The van der Waals surface area contributed by atoms with E-state index in [9.17, 15) is 0 Å². The third kappa shape index (κ3) is 4.80. The van der Waals surface area contributed by atoms with Gasteiger partial charge in [-0.05, 0) is 43.7 Å². The molecule has 27 heavy (non-hydrogen) atoms. The number of halogens is 1. The van der Waals surface area contributed by atoms with Crippen molar-refractivity contribution in [3.63, 3.8) is 0 Å². The molecule has 6 nitrogen and oxygen atoms in total. The number of aliphatic imine (C=N–C) groups is 1. The van der Waals surface area contributed by atoms with Crippen LogP contribution in [0.5, 0.6) is 5.75 Å². The van der Waals surface area contributed by atoms with Crippen LogP contribution in [-0.4, -0.2) is 58.0 Å². The van der Waals surface area contributed by atoms with Crippen LogP contribution in [0.15, 0.2) is 29.3 Å². The summed E-state index contributed by atoms with van der Waals surface area (Å²) >= 11 is 0. The fourth-order valence-corrected chi connectivity index (χ4v) is 4.44. The summed E-state index contributed by atoms with van der Waals surface area (Å²) in [4.78, 5) is 6.84. The maximum absolute atomic E-state index is 5.93. The molecule has 0 saturated carbocycles. The van der Waals surface area contributed by atoms with E-state index in [-0.39, 0.29) is 24.0 Å². The lowest BCUT2D eigenvalue weighted by atomic mass is 9.96. The Morgan fingerprint density at radius 3 is 2.93 bits per heavy atom. The largest absolute Gasteiger partial charge is 0.497 e. The van der Waals surface area contributed by atoms with Crippen molar-refractivity contribution in [1.82, 2.24) is 10.6 Å². The molecule has 2 N–H and O–H groups in total. The molecule has 0 aliphatic carbocycles. The van der Waals surface area contributed by atoms with Gasteiger partial charge in [-0.1, -0.05) is 6.07 Å². The summed E-state index contributed by atoms with van der Waals surface area (Å²) in [6.07, 6.45) is 5.53. The van der Waals surface area contributed by atoms with E-state index < -0.39 is 0 Å². The number of guanidine groups is 1. The number of hydrogen-bond acceptors (Lipinski definition) is 4. The van der Waals surface area contributed by atoms with Crippen LogP contribution < -0.4 is 20.3 Å². The molecule has 0 aromatic heterocycles. The first-order valence-corrected chi connectivity index (χ1v) is 9.77. The molecule has 3 heterocycles. The van der Waals surface area contributed by atoms with E-state index in [0.29, 0.717) is 24.2 Å². The molecule has 0 spiro atoms. The molecule has 2 bridgehead atoms. The quantitative estimate of drug-likeness (QED) is 0.381. The number of hydrogen-bond donors (Lipinski definition) is 2. The van der Waals surface area contributed by atoms with Gasteiger partial charge < -0.3 is 25.0 Å². The number of methoxy groups -OCH3 is 1. The molecule has 0 radical (unpaired) electrons. The summed E-state index contributed by atoms with van der Waals surface area (Å²) in [7, 11) is 3.57. The van der Waals surface area contributed by atoms with Crippen LogP contribution in [0.2, 0.25) is 0 Å². The van der Waals surface area contributed by atoms with E-state index in [4.69, 9.17) is 9.47 Å². The van der Waals surface area contributed by atoms with E-state index >= 15 is 0 Å². The van der Waals surface area contributed by atoms with Gasteiger partial charge in [0.25, 0.3) is 0 Å². The minimum Gasteiger partial charge on any atom is -0.497 e. The normalized spacial score (nSPS) is 29.6. The highest BCUT2D eigenvalue weighted by Crippen LogP contribution is 2.34. The van der Waals surface area contributed by atoms with Crippen LogP contribution in [0, 0.1) is 5.92 Å². The second-order valence-corrected chi connectivity index (χ2v) is 7.62. The summed E-state index contributed by atoms with van der Waals surface area (Å²) in [5.41, 5.74) is 1.24. The van der Waals surface area contributed by atoms with Gasteiger partial charge >= 0.3 is 0 Å². The van der Waals surface area contributed by atoms with Gasteiger partial charge in [0.15, 0.2) is 5.96 Å². The maximum atomic E-state index is 5.93. The van der Waals surface area contributed by atoms with Crippen molar-refractivity contribution in [3.8, 4) is 5.75 Å². The Kier molecular flexibility index (Phi) is 7.08. The van der Waals surface area contributed by atoms with Crippen molar-refractivity contribution in [3.05, 3.63) is 24.3 Å². The summed E-state index contributed by atoms with van der Waals surface area (Å²) in [6.45, 7) is 3.10. The maximum Gasteiger partial charge on any atom is 0.191 e. The van der Waals surface area contributed by atoms with E-state index in [1.54, 1.807) is 7.11 Å². The lowest BCUT2D eigenvalue weighted by molar-refractivity contribution is 0.0992. The number of rotatable bonds is 5. The van der Waals surface area contributed by atoms with E-state index in [2.05, 4.69) is 38.7 Å². The zero-order valence-corrected chi connectivity index (χ0v) is 18.5. The number of nitrogens with one attached hydrogen (secondary N) is 2. The highest BCUT2D eigenvalue weighted by atomic mass is 127. The second kappa shape index (κ2) is 9.32. The summed E-state index contributed by atoms with van der Waals surface area (Å²) < 4.78 is 11.3. The summed E-state index contributed by atoms with van der Waals surface area (Å²) in [6, 6.07) is 8.74. The molecule has 1 aromatic carbocycles. The summed E-state index contributed by atoms with van der Waals surface area (Å²) in [5, 5.41) is 7.09. The van der Waals surface area contributed by atoms with Crippen LogP contribution in [0.4, 0.5) is 5.69 Å². The second-order valence-electron chi connectivity index (χ2n) is 7.62. The Hall–Kier alpha value is -1.22. The van der Waals surface area contributed by atoms with Gasteiger partial charge in [0.05, 0.1) is 25.4 Å². The van der Waals surface area contributed by atoms with Crippen molar-refractivity contribution < 1.29 is 9.47 Å². The van der Waals surface area contributed by atoms with Gasteiger partial charge in [0.2, 0.25) is 0 Å². The molecule has 7 heteroatoms. The van der Waals surface area contributed by atoms with Crippen LogP contribution in [0.1, 0.15) is 25.7 Å². The fraction of sp³-hybridized carbons (Fsp3) is 0.650. The van der Waals surface area contributed by atoms with Crippen LogP contribution in [-0.2, 0) is 4.74 Å². The van der Waals surface area contributed by atoms with Crippen LogP contribution in [0.25, 0.3) is 0 Å². The van der Waals surface area contributed by atoms with Crippen molar-refractivity contribution in [1.29, 1.82) is 0 Å². The lowest BCUT2D eigenvalue weighted by Gasteiger charge is -2.24. The Morgan fingerprint density at radius 2 is 2.22 bits per heavy atom. The van der Waals surface area contributed by atoms with Gasteiger partial charge in [0.1, 0.15) is 5.75 Å². The molecule has 0 amide bonds. The predicted molar refractivity (Wildman–Crippen MR) is 120 cm³/mol. The highest BCUT2D eigenvalue weighted by Gasteiger charge is 2.41. The lowest BCUT2D eigenvalue weighted by Crippen LogP contribution is -2.48. The average Bonchev–Trinajstić information content (AvgIpc) is 3.42. The summed E-state index contributed by atoms with van der Waals surface area (Å²) in [5.74, 6) is 2.45. The molecular formula is C20H31IN4O2. The molecular weight excluding hydrogens is 455 g/mol. The zero-order chi connectivity index (χ0) is 17.9. The number of benzene rings is 1. The molecule has 4 rings (SSSR count). The van der Waals surface area contributed by atoms with Gasteiger partial charge in [-0.25, -0.2) is 0 Å². The number of nitrogens with zero attached hydrogens (tertiary/aromatic N) is 2. The Labute approximate surface area is 179 Å². The van der Waals surface area contributed by atoms with Crippen molar-refractivity contribution >= 4 is 35.6 Å². The van der Waals surface area contributed by atoms with Gasteiger partial charge in [-0.3, -0.25) is 4.99 Å². The predicted octanol–water partition coefficient (Wildman–Crippen LogP) is 2.62. The first-order valence-electron chi connectivity index (χ1n) is 9.77. The highest BCUT2D eigenvalue weighted by molar-refractivity contribution is 14.0. The zero-order valence-electron chi connectivity index (χ0n) is 16.2. The Bertz CT molecular complexity index is 657.